The standard InChI is InChI=1S/C5H12O2S/c1-2-5(7)8-4-3-6/h5-7H,2-4H2,1H3. The summed E-state index contributed by atoms with van der Waals surface area (Å²) in [5.41, 5.74) is -0.290. The predicted octanol–water partition coefficient (Wildman–Crippen LogP) is 0.440. The van der Waals surface area contributed by atoms with Crippen LogP contribution in [-0.2, 0) is 0 Å². The molecule has 0 aliphatic carbocycles. The van der Waals surface area contributed by atoms with Crippen LogP contribution in [0.3, 0.4) is 0 Å². The van der Waals surface area contributed by atoms with Crippen LogP contribution >= 0.6 is 11.8 Å². The lowest BCUT2D eigenvalue weighted by Gasteiger charge is -2.03. The molecule has 0 heterocycles. The Labute approximate surface area is 53.9 Å². The number of thioether (sulfide) groups is 1. The van der Waals surface area contributed by atoms with Crippen LogP contribution < -0.4 is 0 Å². The number of aliphatic hydroxyl groups excluding tert-OH is 2. The minimum Gasteiger partial charge on any atom is -0.396 e. The molecule has 2 N–H and O–H groups in total. The number of aliphatic hydroxyl groups is 2. The number of rotatable bonds is 4. The van der Waals surface area contributed by atoms with Gasteiger partial charge in [-0.05, 0) is 6.42 Å². The molecule has 0 radical (unpaired) electrons. The highest BCUT2D eigenvalue weighted by Gasteiger charge is 1.97. The topological polar surface area (TPSA) is 40.5 Å². The average molecular weight is 136 g/mol. The highest BCUT2D eigenvalue weighted by Crippen LogP contribution is 2.08. The molecule has 0 fully saturated rings. The normalized spacial score (nSPS) is 13.9. The van der Waals surface area contributed by atoms with Crippen LogP contribution in [0, 0.1) is 0 Å². The molecule has 0 bridgehead atoms. The molecule has 0 aromatic carbocycles. The summed E-state index contributed by atoms with van der Waals surface area (Å²) < 4.78 is 0. The molecule has 0 amide bonds. The Morgan fingerprint density at radius 3 is 2.62 bits per heavy atom. The third kappa shape index (κ3) is 4.43. The summed E-state index contributed by atoms with van der Waals surface area (Å²) >= 11 is 1.38. The van der Waals surface area contributed by atoms with Crippen molar-refractivity contribution < 1.29 is 10.2 Å². The van der Waals surface area contributed by atoms with Crippen LogP contribution in [0.1, 0.15) is 13.3 Å². The number of hydrogen-bond donors (Lipinski definition) is 2. The Balaban J connectivity index is 2.86. The second-order valence-electron chi connectivity index (χ2n) is 1.46. The summed E-state index contributed by atoms with van der Waals surface area (Å²) in [6, 6.07) is 0. The first kappa shape index (κ1) is 8.27. The third-order valence-corrected chi connectivity index (χ3v) is 1.89. The van der Waals surface area contributed by atoms with Gasteiger partial charge in [0, 0.05) is 5.75 Å². The Morgan fingerprint density at radius 1 is 1.62 bits per heavy atom. The van der Waals surface area contributed by atoms with Crippen LogP contribution in [0.15, 0.2) is 0 Å². The fourth-order valence-corrected chi connectivity index (χ4v) is 0.920. The van der Waals surface area contributed by atoms with Crippen LogP contribution in [-0.4, -0.2) is 28.0 Å². The molecule has 0 aliphatic rings. The second kappa shape index (κ2) is 5.41. The van der Waals surface area contributed by atoms with Crippen molar-refractivity contribution in [2.45, 2.75) is 18.8 Å². The van der Waals surface area contributed by atoms with Crippen molar-refractivity contribution in [3.63, 3.8) is 0 Å². The molecule has 1 unspecified atom stereocenters. The minimum atomic E-state index is -0.290. The van der Waals surface area contributed by atoms with Crippen LogP contribution in [0.5, 0.6) is 0 Å². The fourth-order valence-electron chi connectivity index (χ4n) is 0.307. The zero-order chi connectivity index (χ0) is 6.41. The van der Waals surface area contributed by atoms with Gasteiger partial charge >= 0.3 is 0 Å². The van der Waals surface area contributed by atoms with Gasteiger partial charge in [-0.2, -0.15) is 0 Å². The molecular formula is C5H12O2S. The maximum absolute atomic E-state index is 8.84. The molecule has 0 aromatic rings. The summed E-state index contributed by atoms with van der Waals surface area (Å²) in [5, 5.41) is 17.1. The lowest BCUT2D eigenvalue weighted by Crippen LogP contribution is -2.00. The van der Waals surface area contributed by atoms with Gasteiger partial charge in [0.2, 0.25) is 0 Å². The Bertz CT molecular complexity index is 49.7. The van der Waals surface area contributed by atoms with E-state index >= 15 is 0 Å². The summed E-state index contributed by atoms with van der Waals surface area (Å²) in [6.45, 7) is 2.07. The largest absolute Gasteiger partial charge is 0.396 e. The molecule has 0 rings (SSSR count). The molecule has 0 saturated heterocycles. The molecule has 8 heavy (non-hydrogen) atoms. The van der Waals surface area contributed by atoms with Crippen molar-refractivity contribution in [1.29, 1.82) is 0 Å². The molecule has 3 heteroatoms. The first-order valence-corrected chi connectivity index (χ1v) is 3.76. The van der Waals surface area contributed by atoms with E-state index in [2.05, 4.69) is 0 Å². The average Bonchev–Trinajstić information content (AvgIpc) is 1.83. The van der Waals surface area contributed by atoms with E-state index in [1.165, 1.54) is 11.8 Å². The molecule has 2 nitrogen and oxygen atoms in total. The first-order valence-electron chi connectivity index (χ1n) is 2.71. The Morgan fingerprint density at radius 2 is 2.25 bits per heavy atom. The van der Waals surface area contributed by atoms with Gasteiger partial charge in [0.25, 0.3) is 0 Å². The predicted molar refractivity (Wildman–Crippen MR) is 35.8 cm³/mol. The quantitative estimate of drug-likeness (QED) is 0.551. The van der Waals surface area contributed by atoms with Crippen LogP contribution in [0.2, 0.25) is 0 Å². The van der Waals surface area contributed by atoms with E-state index in [-0.39, 0.29) is 12.0 Å². The van der Waals surface area contributed by atoms with Crippen LogP contribution in [0.4, 0.5) is 0 Å². The minimum absolute atomic E-state index is 0.154. The Kier molecular flexibility index (Phi) is 5.59. The van der Waals surface area contributed by atoms with Gasteiger partial charge in [-0.1, -0.05) is 6.92 Å². The highest BCUT2D eigenvalue weighted by atomic mass is 32.2. The van der Waals surface area contributed by atoms with Crippen molar-refractivity contribution in [2.75, 3.05) is 12.4 Å². The van der Waals surface area contributed by atoms with E-state index in [0.29, 0.717) is 5.75 Å². The van der Waals surface area contributed by atoms with E-state index in [0.717, 1.165) is 6.42 Å². The maximum atomic E-state index is 8.84. The van der Waals surface area contributed by atoms with Gasteiger partial charge < -0.3 is 10.2 Å². The molecule has 0 aromatic heterocycles. The van der Waals surface area contributed by atoms with E-state index in [4.69, 9.17) is 10.2 Å². The summed E-state index contributed by atoms with van der Waals surface area (Å²) in [5.74, 6) is 0.634. The van der Waals surface area contributed by atoms with Gasteiger partial charge in [-0.25, -0.2) is 0 Å². The highest BCUT2D eigenvalue weighted by molar-refractivity contribution is 7.99. The summed E-state index contributed by atoms with van der Waals surface area (Å²) in [6.07, 6.45) is 0.755. The van der Waals surface area contributed by atoms with Gasteiger partial charge in [0.15, 0.2) is 0 Å². The van der Waals surface area contributed by atoms with Gasteiger partial charge in [0.1, 0.15) is 0 Å². The molecule has 50 valence electrons. The van der Waals surface area contributed by atoms with Crippen molar-refractivity contribution in [3.8, 4) is 0 Å². The molecule has 0 aliphatic heterocycles. The van der Waals surface area contributed by atoms with Crippen molar-refractivity contribution >= 4 is 11.8 Å². The van der Waals surface area contributed by atoms with Gasteiger partial charge in [-0.15, -0.1) is 11.8 Å². The first-order chi connectivity index (χ1) is 3.81. The molecule has 0 saturated carbocycles. The van der Waals surface area contributed by atoms with Gasteiger partial charge in [0.05, 0.1) is 12.0 Å². The maximum Gasteiger partial charge on any atom is 0.0990 e. The monoisotopic (exact) mass is 136 g/mol. The lowest BCUT2D eigenvalue weighted by atomic mass is 10.5. The van der Waals surface area contributed by atoms with Crippen LogP contribution in [0.25, 0.3) is 0 Å². The molecule has 0 spiro atoms. The van der Waals surface area contributed by atoms with E-state index < -0.39 is 0 Å². The van der Waals surface area contributed by atoms with E-state index in [1.807, 2.05) is 6.92 Å². The zero-order valence-electron chi connectivity index (χ0n) is 5.00. The Hall–Kier alpha value is 0.270. The molecular weight excluding hydrogens is 124 g/mol. The van der Waals surface area contributed by atoms with E-state index in [1.54, 1.807) is 0 Å². The third-order valence-electron chi connectivity index (χ3n) is 0.751. The second-order valence-corrected chi connectivity index (χ2v) is 2.74. The van der Waals surface area contributed by atoms with Crippen molar-refractivity contribution in [2.24, 2.45) is 0 Å². The zero-order valence-corrected chi connectivity index (χ0v) is 5.82. The smallest absolute Gasteiger partial charge is 0.0990 e. The summed E-state index contributed by atoms with van der Waals surface area (Å²) in [7, 11) is 0. The van der Waals surface area contributed by atoms with Crippen molar-refractivity contribution in [1.82, 2.24) is 0 Å². The fraction of sp³-hybridized carbons (Fsp3) is 1.00. The van der Waals surface area contributed by atoms with E-state index in [9.17, 15) is 0 Å². The lowest BCUT2D eigenvalue weighted by molar-refractivity contribution is 0.257. The van der Waals surface area contributed by atoms with Gasteiger partial charge in [-0.3, -0.25) is 0 Å². The summed E-state index contributed by atoms with van der Waals surface area (Å²) in [4.78, 5) is 0. The number of hydrogen-bond acceptors (Lipinski definition) is 3. The SMILES string of the molecule is CCC(O)SCCO. The molecule has 1 atom stereocenters. The van der Waals surface area contributed by atoms with Crippen molar-refractivity contribution in [3.05, 3.63) is 0 Å².